The number of halogens is 8. The Hall–Kier alpha value is -1.44. The summed E-state index contributed by atoms with van der Waals surface area (Å²) in [5.41, 5.74) is -2.02. The molecular weight excluding hydrogens is 393 g/mol. The zero-order valence-corrected chi connectivity index (χ0v) is 13.7. The van der Waals surface area contributed by atoms with E-state index in [2.05, 4.69) is 4.74 Å². The number of rotatable bonds is 6. The van der Waals surface area contributed by atoms with Gasteiger partial charge in [-0.3, -0.25) is 4.74 Å². The van der Waals surface area contributed by atoms with E-state index in [4.69, 9.17) is 23.2 Å². The van der Waals surface area contributed by atoms with E-state index in [1.165, 1.54) is 12.1 Å². The molecule has 0 saturated heterocycles. The van der Waals surface area contributed by atoms with Crippen LogP contribution < -0.4 is 0 Å². The Balaban J connectivity index is 2.35. The normalized spacial score (nSPS) is 17.6. The Kier molecular flexibility index (Phi) is 5.33. The highest BCUT2D eigenvalue weighted by Crippen LogP contribution is 2.53. The van der Waals surface area contributed by atoms with E-state index in [-0.39, 0.29) is 0 Å². The lowest BCUT2D eigenvalue weighted by molar-refractivity contribution is -0.335. The highest BCUT2D eigenvalue weighted by atomic mass is 35.5. The average Bonchev–Trinajstić information content (AvgIpc) is 2.55. The molecular formula is C16H10Cl2F6O. The van der Waals surface area contributed by atoms with E-state index in [9.17, 15) is 26.3 Å². The summed E-state index contributed by atoms with van der Waals surface area (Å²) in [7, 11) is 0. The van der Waals surface area contributed by atoms with Crippen LogP contribution in [0.25, 0.3) is 0 Å². The highest BCUT2D eigenvalue weighted by molar-refractivity contribution is 6.25. The van der Waals surface area contributed by atoms with E-state index >= 15 is 0 Å². The number of benzene rings is 2. The molecule has 9 heteroatoms. The number of hydrogen-bond donors (Lipinski definition) is 0. The van der Waals surface area contributed by atoms with E-state index in [1.54, 1.807) is 0 Å². The molecule has 2 atom stereocenters. The van der Waals surface area contributed by atoms with Crippen molar-refractivity contribution in [1.29, 1.82) is 0 Å². The van der Waals surface area contributed by atoms with E-state index in [0.717, 1.165) is 48.5 Å². The van der Waals surface area contributed by atoms with Gasteiger partial charge >= 0.3 is 22.5 Å². The summed E-state index contributed by atoms with van der Waals surface area (Å²) >= 11 is 9.89. The summed E-state index contributed by atoms with van der Waals surface area (Å²) in [6, 6.07) is 10.3. The molecule has 0 heterocycles. The third kappa shape index (κ3) is 3.73. The van der Waals surface area contributed by atoms with Crippen molar-refractivity contribution in [3.63, 3.8) is 0 Å². The summed E-state index contributed by atoms with van der Waals surface area (Å²) in [4.78, 5) is 0. The third-order valence-electron chi connectivity index (χ3n) is 3.26. The topological polar surface area (TPSA) is 9.23 Å². The molecule has 2 aromatic rings. The van der Waals surface area contributed by atoms with Gasteiger partial charge in [0.15, 0.2) is 0 Å². The van der Waals surface area contributed by atoms with Crippen LogP contribution in [-0.4, -0.2) is 10.6 Å². The average molecular weight is 403 g/mol. The predicted molar refractivity (Wildman–Crippen MR) is 81.1 cm³/mol. The molecule has 2 rings (SSSR count). The molecule has 0 aliphatic carbocycles. The third-order valence-corrected chi connectivity index (χ3v) is 3.89. The maximum absolute atomic E-state index is 14.2. The minimum atomic E-state index is -4.68. The summed E-state index contributed by atoms with van der Waals surface area (Å²) < 4.78 is 88.6. The lowest BCUT2D eigenvalue weighted by Gasteiger charge is -2.35. The standard InChI is InChI=1S/C16H10Cl2F6O/c17-15(23,13(19,20)11-7-3-1-4-8-11)25-16(18,24)14(21,22)12-9-5-2-6-10-12/h1-10H. The zero-order valence-electron chi connectivity index (χ0n) is 12.2. The number of hydrogen-bond acceptors (Lipinski definition) is 1. The molecule has 0 aromatic heterocycles. The predicted octanol–water partition coefficient (Wildman–Crippen LogP) is 6.31. The van der Waals surface area contributed by atoms with Crippen molar-refractivity contribution in [2.75, 3.05) is 0 Å². The molecule has 2 aromatic carbocycles. The minimum Gasteiger partial charge on any atom is -0.273 e. The van der Waals surface area contributed by atoms with Gasteiger partial charge in [-0.1, -0.05) is 60.7 Å². The second kappa shape index (κ2) is 6.70. The lowest BCUT2D eigenvalue weighted by Crippen LogP contribution is -2.50. The fourth-order valence-electron chi connectivity index (χ4n) is 1.92. The number of alkyl halides is 8. The van der Waals surface area contributed by atoms with E-state index in [0.29, 0.717) is 0 Å². The monoisotopic (exact) mass is 402 g/mol. The molecule has 0 saturated carbocycles. The van der Waals surface area contributed by atoms with Gasteiger partial charge < -0.3 is 0 Å². The first-order valence-electron chi connectivity index (χ1n) is 6.74. The van der Waals surface area contributed by atoms with Crippen molar-refractivity contribution in [2.45, 2.75) is 22.5 Å². The van der Waals surface area contributed by atoms with Crippen LogP contribution >= 0.6 is 23.2 Å². The van der Waals surface area contributed by atoms with Crippen LogP contribution in [-0.2, 0) is 16.6 Å². The van der Waals surface area contributed by atoms with Crippen LogP contribution in [0.2, 0.25) is 0 Å². The van der Waals surface area contributed by atoms with Crippen molar-refractivity contribution in [3.05, 3.63) is 71.8 Å². The van der Waals surface area contributed by atoms with Gasteiger partial charge in [0, 0.05) is 11.1 Å². The Morgan fingerprint density at radius 2 is 0.840 bits per heavy atom. The highest BCUT2D eigenvalue weighted by Gasteiger charge is 2.67. The van der Waals surface area contributed by atoms with Crippen molar-refractivity contribution in [2.24, 2.45) is 0 Å². The van der Waals surface area contributed by atoms with Crippen molar-refractivity contribution < 1.29 is 31.1 Å². The van der Waals surface area contributed by atoms with Gasteiger partial charge in [0.2, 0.25) is 0 Å². The molecule has 1 nitrogen and oxygen atoms in total. The van der Waals surface area contributed by atoms with Gasteiger partial charge in [0.05, 0.1) is 0 Å². The molecule has 25 heavy (non-hydrogen) atoms. The molecule has 0 spiro atoms. The molecule has 0 amide bonds. The Bertz CT molecular complexity index is 646. The van der Waals surface area contributed by atoms with E-state index in [1.807, 2.05) is 0 Å². The maximum Gasteiger partial charge on any atom is 0.359 e. The quantitative estimate of drug-likeness (QED) is 0.406. The largest absolute Gasteiger partial charge is 0.359 e. The van der Waals surface area contributed by atoms with Gasteiger partial charge in [0.1, 0.15) is 0 Å². The molecule has 136 valence electrons. The van der Waals surface area contributed by atoms with Gasteiger partial charge in [-0.25, -0.2) is 0 Å². The second-order valence-corrected chi connectivity index (χ2v) is 5.99. The first-order valence-corrected chi connectivity index (χ1v) is 7.50. The smallest absolute Gasteiger partial charge is 0.273 e. The van der Waals surface area contributed by atoms with Crippen LogP contribution in [0.4, 0.5) is 26.3 Å². The maximum atomic E-state index is 14.2. The van der Waals surface area contributed by atoms with E-state index < -0.39 is 33.6 Å². The zero-order chi connectivity index (χ0) is 18.9. The summed E-state index contributed by atoms with van der Waals surface area (Å²) in [6.07, 6.45) is 0. The first-order chi connectivity index (χ1) is 11.4. The summed E-state index contributed by atoms with van der Waals surface area (Å²) in [6.45, 7) is 0. The van der Waals surface area contributed by atoms with Crippen LogP contribution in [0.5, 0.6) is 0 Å². The minimum absolute atomic E-state index is 0.767. The molecule has 0 aliphatic heterocycles. The first kappa shape index (κ1) is 19.9. The molecule has 0 N–H and O–H groups in total. The van der Waals surface area contributed by atoms with Gasteiger partial charge in [-0.15, -0.1) is 0 Å². The second-order valence-electron chi connectivity index (χ2n) is 5.02. The molecule has 0 aliphatic rings. The lowest BCUT2D eigenvalue weighted by atomic mass is 10.1. The summed E-state index contributed by atoms with van der Waals surface area (Å²) in [5, 5.41) is -9.36. The fourth-order valence-corrected chi connectivity index (χ4v) is 2.39. The van der Waals surface area contributed by atoms with Gasteiger partial charge in [-0.2, -0.15) is 26.3 Å². The van der Waals surface area contributed by atoms with Crippen LogP contribution in [0.1, 0.15) is 11.1 Å². The van der Waals surface area contributed by atoms with Gasteiger partial charge in [0.25, 0.3) is 0 Å². The van der Waals surface area contributed by atoms with Crippen LogP contribution in [0.15, 0.2) is 60.7 Å². The Morgan fingerprint density at radius 3 is 1.12 bits per heavy atom. The van der Waals surface area contributed by atoms with Crippen LogP contribution in [0, 0.1) is 0 Å². The van der Waals surface area contributed by atoms with Crippen molar-refractivity contribution in [3.8, 4) is 0 Å². The Morgan fingerprint density at radius 1 is 0.560 bits per heavy atom. The molecule has 0 bridgehead atoms. The Labute approximate surface area is 149 Å². The molecule has 2 unspecified atom stereocenters. The molecule has 0 fully saturated rings. The summed E-state index contributed by atoms with van der Waals surface area (Å²) in [5.74, 6) is -9.34. The van der Waals surface area contributed by atoms with Crippen molar-refractivity contribution in [1.82, 2.24) is 0 Å². The van der Waals surface area contributed by atoms with Gasteiger partial charge in [-0.05, 0) is 23.2 Å². The van der Waals surface area contributed by atoms with Crippen molar-refractivity contribution >= 4 is 23.2 Å². The SMILES string of the molecule is FC(Cl)(OC(F)(Cl)C(F)(F)c1ccccc1)C(F)(F)c1ccccc1. The molecule has 0 radical (unpaired) electrons. The fraction of sp³-hybridized carbons (Fsp3) is 0.250. The van der Waals surface area contributed by atoms with Crippen LogP contribution in [0.3, 0.4) is 0 Å². The number of ether oxygens (including phenoxy) is 1.